The molecule has 2 aliphatic heterocycles. The Bertz CT molecular complexity index is 885. The zero-order valence-electron chi connectivity index (χ0n) is 15.3. The Morgan fingerprint density at radius 1 is 1.27 bits per heavy atom. The third kappa shape index (κ3) is 2.20. The monoisotopic (exact) mass is 355 g/mol. The van der Waals surface area contributed by atoms with Gasteiger partial charge in [-0.1, -0.05) is 0 Å². The molecule has 3 bridgehead atoms. The molecule has 0 aromatic carbocycles. The summed E-state index contributed by atoms with van der Waals surface area (Å²) in [6.07, 6.45) is 10.5. The third-order valence-electron chi connectivity index (χ3n) is 7.44. The third-order valence-corrected chi connectivity index (χ3v) is 7.44. The summed E-state index contributed by atoms with van der Waals surface area (Å²) >= 11 is 0. The number of hydrogen-bond acceptors (Lipinski definition) is 4. The minimum Gasteiger partial charge on any atom is -0.465 e. The van der Waals surface area contributed by atoms with Gasteiger partial charge in [0.25, 0.3) is 5.56 Å². The number of ether oxygens (including phenoxy) is 1. The topological polar surface area (TPSA) is 77.0 Å². The highest BCUT2D eigenvalue weighted by Crippen LogP contribution is 2.60. The standard InChI is InChI=1S/C20H25N3O3/c1-10(17-13-4-3-12-5-11(6-13)7-14(12)17)23-8-15-18(21-22-19(15)24)16(9-23)20(25)26-2/h8-14,17H,3-7H2,1-2H3,(H,22,24)/t10-,11+,12-,13+,14-,17-/m1/s1. The molecule has 1 N–H and O–H groups in total. The zero-order chi connectivity index (χ0) is 18.0. The first-order valence-electron chi connectivity index (χ1n) is 9.75. The molecule has 3 fully saturated rings. The fourth-order valence-electron chi connectivity index (χ4n) is 6.45. The molecule has 0 spiro atoms. The van der Waals surface area contributed by atoms with E-state index >= 15 is 0 Å². The van der Waals surface area contributed by atoms with Crippen LogP contribution >= 0.6 is 0 Å². The van der Waals surface area contributed by atoms with Gasteiger partial charge in [-0.2, -0.15) is 5.10 Å². The quantitative estimate of drug-likeness (QED) is 0.858. The van der Waals surface area contributed by atoms with Crippen LogP contribution in [0.25, 0.3) is 11.3 Å². The van der Waals surface area contributed by atoms with Gasteiger partial charge in [0.05, 0.1) is 12.7 Å². The van der Waals surface area contributed by atoms with Crippen molar-refractivity contribution in [3.63, 3.8) is 0 Å². The number of carbonyl (C=O) groups excluding carboxylic acids is 1. The number of nitrogens with one attached hydrogen (secondary N) is 1. The average Bonchev–Trinajstić information content (AvgIpc) is 3.12. The van der Waals surface area contributed by atoms with Gasteiger partial charge in [0.15, 0.2) is 0 Å². The van der Waals surface area contributed by atoms with Crippen molar-refractivity contribution in [1.82, 2.24) is 14.8 Å². The number of pyridine rings is 1. The number of esters is 1. The number of nitrogens with zero attached hydrogens (tertiary/aromatic N) is 2. The van der Waals surface area contributed by atoms with Crippen LogP contribution in [0.1, 0.15) is 55.4 Å². The minimum absolute atomic E-state index is 0.252. The van der Waals surface area contributed by atoms with Crippen LogP contribution in [0.4, 0.5) is 0 Å². The molecule has 0 amide bonds. The average molecular weight is 355 g/mol. The van der Waals surface area contributed by atoms with Crippen molar-refractivity contribution in [2.45, 2.75) is 45.1 Å². The van der Waals surface area contributed by atoms with E-state index in [1.807, 2.05) is 12.4 Å². The fraction of sp³-hybridized carbons (Fsp3) is 0.650. The van der Waals surface area contributed by atoms with Crippen molar-refractivity contribution < 1.29 is 9.53 Å². The molecule has 3 aliphatic carbocycles. The van der Waals surface area contributed by atoms with E-state index in [2.05, 4.69) is 21.7 Å². The summed E-state index contributed by atoms with van der Waals surface area (Å²) in [5.74, 6) is 3.55. The van der Waals surface area contributed by atoms with Gasteiger partial charge in [-0.3, -0.25) is 4.79 Å². The highest BCUT2D eigenvalue weighted by molar-refractivity contribution is 5.95. The highest BCUT2D eigenvalue weighted by atomic mass is 16.5. The SMILES string of the molecule is COC(=O)c1cn([C@H](C)[C@@H]2[C@H]3CC[C@@H]4C[C@@H](C3)C[C@H]42)cc2c(=O)[nH]nc1-2. The normalized spacial score (nSPS) is 33.5. The van der Waals surface area contributed by atoms with Crippen molar-refractivity contribution in [3.8, 4) is 11.3 Å². The van der Waals surface area contributed by atoms with Gasteiger partial charge in [0, 0.05) is 18.4 Å². The van der Waals surface area contributed by atoms with E-state index in [1.165, 1.54) is 39.2 Å². The predicted octanol–water partition coefficient (Wildman–Crippen LogP) is 3.10. The Hall–Kier alpha value is -2.11. The van der Waals surface area contributed by atoms with Gasteiger partial charge in [0.2, 0.25) is 0 Å². The number of rotatable bonds is 3. The molecule has 26 heavy (non-hydrogen) atoms. The van der Waals surface area contributed by atoms with Crippen LogP contribution in [0.2, 0.25) is 0 Å². The lowest BCUT2D eigenvalue weighted by atomic mass is 9.62. The summed E-state index contributed by atoms with van der Waals surface area (Å²) in [6, 6.07) is 0.258. The van der Waals surface area contributed by atoms with Crippen molar-refractivity contribution in [2.75, 3.05) is 7.11 Å². The zero-order valence-corrected chi connectivity index (χ0v) is 15.3. The smallest absolute Gasteiger partial charge is 0.341 e. The number of carbonyl (C=O) groups is 1. The first kappa shape index (κ1) is 16.1. The van der Waals surface area contributed by atoms with E-state index in [9.17, 15) is 9.59 Å². The molecule has 3 saturated carbocycles. The van der Waals surface area contributed by atoms with Crippen LogP contribution < -0.4 is 5.56 Å². The second-order valence-electron chi connectivity index (χ2n) is 8.58. The summed E-state index contributed by atoms with van der Waals surface area (Å²) in [5, 5.41) is 6.49. The second kappa shape index (κ2) is 5.69. The lowest BCUT2D eigenvalue weighted by Gasteiger charge is -2.46. The molecule has 2 heterocycles. The van der Waals surface area contributed by atoms with Crippen LogP contribution in [0.5, 0.6) is 0 Å². The summed E-state index contributed by atoms with van der Waals surface area (Å²) in [6.45, 7) is 2.25. The molecule has 0 unspecified atom stereocenters. The largest absolute Gasteiger partial charge is 0.465 e. The lowest BCUT2D eigenvalue weighted by Crippen LogP contribution is -2.39. The van der Waals surface area contributed by atoms with E-state index in [1.54, 1.807) is 0 Å². The Balaban J connectivity index is 1.58. The first-order chi connectivity index (χ1) is 12.6. The van der Waals surface area contributed by atoms with E-state index in [-0.39, 0.29) is 11.6 Å². The Labute approximate surface area is 152 Å². The van der Waals surface area contributed by atoms with E-state index in [0.29, 0.717) is 22.7 Å². The predicted molar refractivity (Wildman–Crippen MR) is 96.1 cm³/mol. The van der Waals surface area contributed by atoms with Crippen LogP contribution in [0.15, 0.2) is 17.2 Å². The van der Waals surface area contributed by atoms with Crippen LogP contribution in [-0.2, 0) is 4.74 Å². The Morgan fingerprint density at radius 3 is 2.85 bits per heavy atom. The summed E-state index contributed by atoms with van der Waals surface area (Å²) in [7, 11) is 1.36. The molecule has 0 aromatic rings. The van der Waals surface area contributed by atoms with Crippen LogP contribution in [-0.4, -0.2) is 27.8 Å². The van der Waals surface area contributed by atoms with Gasteiger partial charge in [-0.15, -0.1) is 0 Å². The van der Waals surface area contributed by atoms with Gasteiger partial charge >= 0.3 is 5.97 Å². The van der Waals surface area contributed by atoms with Gasteiger partial charge < -0.3 is 9.30 Å². The molecule has 138 valence electrons. The number of aromatic amines is 1. The van der Waals surface area contributed by atoms with E-state index in [4.69, 9.17) is 4.74 Å². The molecule has 6 atom stereocenters. The molecule has 6 nitrogen and oxygen atoms in total. The molecule has 0 aromatic heterocycles. The number of methoxy groups -OCH3 is 1. The maximum absolute atomic E-state index is 12.3. The number of hydrogen-bond donors (Lipinski definition) is 1. The molecule has 0 radical (unpaired) electrons. The molecule has 0 saturated heterocycles. The fourth-order valence-corrected chi connectivity index (χ4v) is 6.45. The van der Waals surface area contributed by atoms with Crippen LogP contribution in [0, 0.1) is 29.6 Å². The molecule has 6 heteroatoms. The van der Waals surface area contributed by atoms with E-state index in [0.717, 1.165) is 23.7 Å². The van der Waals surface area contributed by atoms with Gasteiger partial charge in [-0.05, 0) is 68.6 Å². The maximum atomic E-state index is 12.3. The second-order valence-corrected chi connectivity index (χ2v) is 8.58. The van der Waals surface area contributed by atoms with Crippen molar-refractivity contribution in [2.24, 2.45) is 29.6 Å². The highest BCUT2D eigenvalue weighted by Gasteiger charge is 2.51. The molecule has 5 aliphatic rings. The Kier molecular flexibility index (Phi) is 3.52. The maximum Gasteiger partial charge on any atom is 0.341 e. The number of fused-ring (bicyclic) bond motifs is 3. The number of aromatic nitrogens is 3. The number of H-pyrrole nitrogens is 1. The van der Waals surface area contributed by atoms with Crippen molar-refractivity contribution >= 4 is 5.97 Å². The minimum atomic E-state index is -0.450. The van der Waals surface area contributed by atoms with Gasteiger partial charge in [0.1, 0.15) is 11.3 Å². The molecule has 5 rings (SSSR count). The molecular formula is C20H25N3O3. The van der Waals surface area contributed by atoms with Gasteiger partial charge in [-0.25, -0.2) is 9.89 Å². The summed E-state index contributed by atoms with van der Waals surface area (Å²) < 4.78 is 7.00. The molecular weight excluding hydrogens is 330 g/mol. The van der Waals surface area contributed by atoms with E-state index < -0.39 is 5.97 Å². The first-order valence-corrected chi connectivity index (χ1v) is 9.75. The summed E-state index contributed by atoms with van der Waals surface area (Å²) in [5.41, 5.74) is 0.972. The van der Waals surface area contributed by atoms with Crippen molar-refractivity contribution in [1.29, 1.82) is 0 Å². The van der Waals surface area contributed by atoms with Crippen molar-refractivity contribution in [3.05, 3.63) is 28.3 Å². The van der Waals surface area contributed by atoms with Crippen LogP contribution in [0.3, 0.4) is 0 Å². The Morgan fingerprint density at radius 2 is 2.04 bits per heavy atom. The lowest BCUT2D eigenvalue weighted by molar-refractivity contribution is 0.0449. The summed E-state index contributed by atoms with van der Waals surface area (Å²) in [4.78, 5) is 24.4.